The van der Waals surface area contributed by atoms with E-state index in [2.05, 4.69) is 5.32 Å². The first-order valence-corrected chi connectivity index (χ1v) is 6.25. The lowest BCUT2D eigenvalue weighted by Crippen LogP contribution is -2.19. The molecule has 0 bridgehead atoms. The molecule has 0 aromatic heterocycles. The van der Waals surface area contributed by atoms with Gasteiger partial charge in [-0.2, -0.15) is 0 Å². The van der Waals surface area contributed by atoms with E-state index >= 15 is 0 Å². The monoisotopic (exact) mass is 253 g/mol. The van der Waals surface area contributed by atoms with Crippen molar-refractivity contribution in [1.82, 2.24) is 0 Å². The Morgan fingerprint density at radius 1 is 1.35 bits per heavy atom. The van der Waals surface area contributed by atoms with Crippen LogP contribution in [0, 0.1) is 6.92 Å². The molecule has 0 aliphatic carbocycles. The summed E-state index contributed by atoms with van der Waals surface area (Å²) in [6.45, 7) is 3.53. The van der Waals surface area contributed by atoms with Crippen LogP contribution in [0.2, 0.25) is 0 Å². The summed E-state index contributed by atoms with van der Waals surface area (Å²) in [6, 6.07) is 7.45. The van der Waals surface area contributed by atoms with Crippen LogP contribution in [-0.4, -0.2) is 28.0 Å². The van der Waals surface area contributed by atoms with Gasteiger partial charge in [-0.15, -0.1) is 11.8 Å². The minimum Gasteiger partial charge on any atom is -0.480 e. The summed E-state index contributed by atoms with van der Waals surface area (Å²) < 4.78 is 0. The van der Waals surface area contributed by atoms with Crippen molar-refractivity contribution in [1.29, 1.82) is 0 Å². The molecule has 0 spiro atoms. The first-order valence-electron chi connectivity index (χ1n) is 5.20. The molecule has 2 N–H and O–H groups in total. The van der Waals surface area contributed by atoms with Crippen molar-refractivity contribution in [3.63, 3.8) is 0 Å². The van der Waals surface area contributed by atoms with Crippen LogP contribution in [-0.2, 0) is 9.59 Å². The first-order chi connectivity index (χ1) is 7.99. The first kappa shape index (κ1) is 13.6. The van der Waals surface area contributed by atoms with Crippen LogP contribution < -0.4 is 5.32 Å². The Balaban J connectivity index is 2.39. The fourth-order valence-corrected chi connectivity index (χ4v) is 1.72. The van der Waals surface area contributed by atoms with Gasteiger partial charge in [0, 0.05) is 5.69 Å². The lowest BCUT2D eigenvalue weighted by Gasteiger charge is -2.07. The summed E-state index contributed by atoms with van der Waals surface area (Å²) >= 11 is 1.10. The van der Waals surface area contributed by atoms with E-state index in [9.17, 15) is 9.59 Å². The van der Waals surface area contributed by atoms with Crippen molar-refractivity contribution in [2.24, 2.45) is 0 Å². The van der Waals surface area contributed by atoms with Gasteiger partial charge in [0.25, 0.3) is 0 Å². The number of hydrogen-bond acceptors (Lipinski definition) is 3. The minimum absolute atomic E-state index is 0.140. The maximum Gasteiger partial charge on any atom is 0.316 e. The van der Waals surface area contributed by atoms with Gasteiger partial charge in [-0.05, 0) is 26.0 Å². The van der Waals surface area contributed by atoms with Crippen molar-refractivity contribution in [3.05, 3.63) is 29.8 Å². The maximum atomic E-state index is 11.5. The molecule has 5 heteroatoms. The summed E-state index contributed by atoms with van der Waals surface area (Å²) in [7, 11) is 0. The van der Waals surface area contributed by atoms with Crippen LogP contribution in [0.5, 0.6) is 0 Å². The molecule has 1 amide bonds. The number of benzene rings is 1. The Bertz CT molecular complexity index is 403. The third-order valence-corrected chi connectivity index (χ3v) is 3.28. The lowest BCUT2D eigenvalue weighted by molar-refractivity contribution is -0.136. The number of aliphatic carboxylic acids is 1. The molecule has 0 heterocycles. The highest BCUT2D eigenvalue weighted by Gasteiger charge is 2.13. The highest BCUT2D eigenvalue weighted by atomic mass is 32.2. The molecular formula is C12H15NO3S. The van der Waals surface area contributed by atoms with E-state index in [0.717, 1.165) is 23.0 Å². The zero-order chi connectivity index (χ0) is 12.8. The van der Waals surface area contributed by atoms with Gasteiger partial charge in [0.05, 0.1) is 11.0 Å². The maximum absolute atomic E-state index is 11.5. The number of aryl methyl sites for hydroxylation is 1. The molecule has 1 atom stereocenters. The summed E-state index contributed by atoms with van der Waals surface area (Å²) in [5.41, 5.74) is 1.85. The second-order valence-corrected chi connectivity index (χ2v) is 5.03. The number of carbonyl (C=O) groups excluding carboxylic acids is 1. The second kappa shape index (κ2) is 6.30. The van der Waals surface area contributed by atoms with E-state index in [1.807, 2.05) is 31.2 Å². The average Bonchev–Trinajstić information content (AvgIpc) is 2.29. The molecule has 4 nitrogen and oxygen atoms in total. The molecule has 1 unspecified atom stereocenters. The van der Waals surface area contributed by atoms with Crippen LogP contribution in [0.1, 0.15) is 12.5 Å². The smallest absolute Gasteiger partial charge is 0.316 e. The third-order valence-electron chi connectivity index (χ3n) is 2.15. The third kappa shape index (κ3) is 4.91. The molecule has 0 fully saturated rings. The van der Waals surface area contributed by atoms with Crippen LogP contribution in [0.15, 0.2) is 24.3 Å². The van der Waals surface area contributed by atoms with Crippen LogP contribution in [0.4, 0.5) is 5.69 Å². The molecule has 17 heavy (non-hydrogen) atoms. The Kier molecular flexibility index (Phi) is 5.03. The predicted octanol–water partition coefficient (Wildman–Crippen LogP) is 2.14. The largest absolute Gasteiger partial charge is 0.480 e. The number of nitrogens with one attached hydrogen (secondary N) is 1. The summed E-state index contributed by atoms with van der Waals surface area (Å²) in [5.74, 6) is -0.952. The zero-order valence-electron chi connectivity index (χ0n) is 9.77. The zero-order valence-corrected chi connectivity index (χ0v) is 10.6. The second-order valence-electron chi connectivity index (χ2n) is 3.71. The Hall–Kier alpha value is -1.49. The highest BCUT2D eigenvalue weighted by Crippen LogP contribution is 2.12. The number of carboxylic acid groups (broad SMARTS) is 1. The van der Waals surface area contributed by atoms with E-state index in [0.29, 0.717) is 0 Å². The fraction of sp³-hybridized carbons (Fsp3) is 0.333. The van der Waals surface area contributed by atoms with E-state index in [-0.39, 0.29) is 11.7 Å². The van der Waals surface area contributed by atoms with Crippen molar-refractivity contribution in [2.75, 3.05) is 11.1 Å². The van der Waals surface area contributed by atoms with E-state index in [4.69, 9.17) is 5.11 Å². The minimum atomic E-state index is -0.905. The van der Waals surface area contributed by atoms with Crippen LogP contribution >= 0.6 is 11.8 Å². The van der Waals surface area contributed by atoms with Crippen molar-refractivity contribution < 1.29 is 14.7 Å². The Morgan fingerprint density at radius 3 is 2.47 bits per heavy atom. The van der Waals surface area contributed by atoms with E-state index < -0.39 is 11.2 Å². The summed E-state index contributed by atoms with van der Waals surface area (Å²) in [6.07, 6.45) is 0. The molecule has 92 valence electrons. The van der Waals surface area contributed by atoms with Gasteiger partial charge in [0.15, 0.2) is 0 Å². The lowest BCUT2D eigenvalue weighted by atomic mass is 10.2. The average molecular weight is 253 g/mol. The molecule has 0 radical (unpaired) electrons. The summed E-state index contributed by atoms with van der Waals surface area (Å²) in [5, 5.41) is 10.8. The van der Waals surface area contributed by atoms with Crippen molar-refractivity contribution >= 4 is 29.3 Å². The highest BCUT2D eigenvalue weighted by molar-refractivity contribution is 8.01. The number of hydrogen-bond donors (Lipinski definition) is 2. The molecular weight excluding hydrogens is 238 g/mol. The number of amides is 1. The topological polar surface area (TPSA) is 66.4 Å². The van der Waals surface area contributed by atoms with Gasteiger partial charge in [-0.25, -0.2) is 0 Å². The predicted molar refractivity (Wildman–Crippen MR) is 69.4 cm³/mol. The van der Waals surface area contributed by atoms with Gasteiger partial charge < -0.3 is 10.4 Å². The number of thioether (sulfide) groups is 1. The normalized spacial score (nSPS) is 11.9. The number of rotatable bonds is 5. The summed E-state index contributed by atoms with van der Waals surface area (Å²) in [4.78, 5) is 22.1. The van der Waals surface area contributed by atoms with Gasteiger partial charge in [0.2, 0.25) is 5.91 Å². The van der Waals surface area contributed by atoms with Crippen molar-refractivity contribution in [2.45, 2.75) is 19.1 Å². The quantitative estimate of drug-likeness (QED) is 0.843. The fourth-order valence-electron chi connectivity index (χ4n) is 1.11. The Labute approximate surface area is 104 Å². The molecule has 0 aliphatic rings. The van der Waals surface area contributed by atoms with Crippen LogP contribution in [0.25, 0.3) is 0 Å². The molecule has 0 aliphatic heterocycles. The molecule has 1 rings (SSSR count). The van der Waals surface area contributed by atoms with Gasteiger partial charge in [0.1, 0.15) is 0 Å². The van der Waals surface area contributed by atoms with Gasteiger partial charge in [-0.1, -0.05) is 17.7 Å². The van der Waals surface area contributed by atoms with Crippen LogP contribution in [0.3, 0.4) is 0 Å². The van der Waals surface area contributed by atoms with E-state index in [1.54, 1.807) is 6.92 Å². The number of anilines is 1. The number of carboxylic acids is 1. The van der Waals surface area contributed by atoms with Crippen molar-refractivity contribution in [3.8, 4) is 0 Å². The van der Waals surface area contributed by atoms with Gasteiger partial charge in [-0.3, -0.25) is 9.59 Å². The van der Waals surface area contributed by atoms with E-state index in [1.165, 1.54) is 0 Å². The molecule has 1 aromatic rings. The SMILES string of the molecule is Cc1ccc(NC(=O)CSC(C)C(=O)O)cc1. The number of carbonyl (C=O) groups is 2. The molecule has 1 aromatic carbocycles. The standard InChI is InChI=1S/C12H15NO3S/c1-8-3-5-10(6-4-8)13-11(14)7-17-9(2)12(15)16/h3-6,9H,7H2,1-2H3,(H,13,14)(H,15,16). The van der Waals surface area contributed by atoms with Gasteiger partial charge >= 0.3 is 5.97 Å². The Morgan fingerprint density at radius 2 is 1.94 bits per heavy atom. The molecule has 0 saturated heterocycles. The molecule has 0 saturated carbocycles.